The minimum absolute atomic E-state index is 0.185. The Kier molecular flexibility index (Phi) is 6.44. The van der Waals surface area contributed by atoms with Gasteiger partial charge in [-0.1, -0.05) is 43.1 Å². The van der Waals surface area contributed by atoms with Crippen LogP contribution in [0.15, 0.2) is 18.2 Å². The van der Waals surface area contributed by atoms with Crippen LogP contribution in [0.5, 0.6) is 0 Å². The monoisotopic (exact) mass is 288 g/mol. The quantitative estimate of drug-likeness (QED) is 0.853. The Bertz CT molecular complexity index is 378. The molecule has 0 spiro atoms. The van der Waals surface area contributed by atoms with Crippen molar-refractivity contribution in [1.82, 2.24) is 4.90 Å². The summed E-state index contributed by atoms with van der Waals surface area (Å²) in [6.45, 7) is 4.98. The fourth-order valence-corrected chi connectivity index (χ4v) is 2.68. The summed E-state index contributed by atoms with van der Waals surface area (Å²) in [5.41, 5.74) is 7.05. The molecule has 1 rings (SSSR count). The van der Waals surface area contributed by atoms with Crippen LogP contribution in [0.25, 0.3) is 0 Å². The van der Waals surface area contributed by atoms with E-state index in [1.54, 1.807) is 0 Å². The Labute approximate surface area is 120 Å². The summed E-state index contributed by atoms with van der Waals surface area (Å²) in [4.78, 5) is 2.33. The molecular formula is C14H22Cl2N2. The zero-order chi connectivity index (χ0) is 13.7. The van der Waals surface area contributed by atoms with Crippen molar-refractivity contribution in [3.8, 4) is 0 Å². The minimum Gasteiger partial charge on any atom is -0.329 e. The van der Waals surface area contributed by atoms with Crippen molar-refractivity contribution in [2.45, 2.75) is 38.8 Å². The second-order valence-electron chi connectivity index (χ2n) is 4.56. The summed E-state index contributed by atoms with van der Waals surface area (Å²) < 4.78 is 0. The van der Waals surface area contributed by atoms with Crippen LogP contribution in [0.4, 0.5) is 0 Å². The highest BCUT2D eigenvalue weighted by atomic mass is 35.5. The van der Waals surface area contributed by atoms with Crippen LogP contribution in [-0.2, 0) is 0 Å². The molecule has 102 valence electrons. The van der Waals surface area contributed by atoms with Crippen LogP contribution in [0.1, 0.15) is 38.3 Å². The van der Waals surface area contributed by atoms with E-state index < -0.39 is 0 Å². The standard InChI is InChI=1S/C14H22Cl2N2/c1-4-11(5-2)18(3)14(9-17)10-6-7-12(15)13(16)8-10/h6-8,11,14H,4-5,9,17H2,1-3H3. The minimum atomic E-state index is 0.185. The summed E-state index contributed by atoms with van der Waals surface area (Å²) in [6.07, 6.45) is 2.23. The fraction of sp³-hybridized carbons (Fsp3) is 0.571. The van der Waals surface area contributed by atoms with E-state index in [0.717, 1.165) is 18.4 Å². The highest BCUT2D eigenvalue weighted by Crippen LogP contribution is 2.29. The Hall–Kier alpha value is -0.280. The van der Waals surface area contributed by atoms with Crippen LogP contribution in [-0.4, -0.2) is 24.5 Å². The van der Waals surface area contributed by atoms with Gasteiger partial charge in [0.1, 0.15) is 0 Å². The summed E-state index contributed by atoms with van der Waals surface area (Å²) in [5, 5.41) is 1.17. The molecule has 0 amide bonds. The van der Waals surface area contributed by atoms with E-state index in [1.807, 2.05) is 18.2 Å². The lowest BCUT2D eigenvalue weighted by Crippen LogP contribution is -2.38. The van der Waals surface area contributed by atoms with Gasteiger partial charge in [-0.3, -0.25) is 4.90 Å². The van der Waals surface area contributed by atoms with Crippen molar-refractivity contribution in [2.75, 3.05) is 13.6 Å². The van der Waals surface area contributed by atoms with Crippen molar-refractivity contribution < 1.29 is 0 Å². The van der Waals surface area contributed by atoms with E-state index in [-0.39, 0.29) is 6.04 Å². The lowest BCUT2D eigenvalue weighted by molar-refractivity contribution is 0.168. The highest BCUT2D eigenvalue weighted by molar-refractivity contribution is 6.42. The van der Waals surface area contributed by atoms with Crippen molar-refractivity contribution >= 4 is 23.2 Å². The molecule has 0 saturated heterocycles. The van der Waals surface area contributed by atoms with Gasteiger partial charge >= 0.3 is 0 Å². The van der Waals surface area contributed by atoms with E-state index in [1.165, 1.54) is 0 Å². The molecule has 0 aromatic heterocycles. The Balaban J connectivity index is 2.97. The molecule has 1 aromatic carbocycles. The van der Waals surface area contributed by atoms with Crippen LogP contribution in [0.3, 0.4) is 0 Å². The Morgan fingerprint density at radius 1 is 1.17 bits per heavy atom. The lowest BCUT2D eigenvalue weighted by Gasteiger charge is -2.34. The van der Waals surface area contributed by atoms with Crippen molar-refractivity contribution in [3.63, 3.8) is 0 Å². The second kappa shape index (κ2) is 7.34. The molecule has 0 aliphatic carbocycles. The molecule has 0 saturated carbocycles. The van der Waals surface area contributed by atoms with Gasteiger partial charge in [0, 0.05) is 18.6 Å². The molecule has 0 aliphatic heterocycles. The predicted molar refractivity (Wildman–Crippen MR) is 80.4 cm³/mol. The summed E-state index contributed by atoms with van der Waals surface area (Å²) in [6, 6.07) is 6.48. The summed E-state index contributed by atoms with van der Waals surface area (Å²) in [7, 11) is 2.12. The fourth-order valence-electron chi connectivity index (χ4n) is 2.38. The molecule has 4 heteroatoms. The van der Waals surface area contributed by atoms with Gasteiger partial charge in [0.25, 0.3) is 0 Å². The topological polar surface area (TPSA) is 29.3 Å². The number of nitrogens with two attached hydrogens (primary N) is 1. The molecule has 0 heterocycles. The van der Waals surface area contributed by atoms with Gasteiger partial charge in [0.15, 0.2) is 0 Å². The van der Waals surface area contributed by atoms with Gasteiger partial charge in [0.05, 0.1) is 10.0 Å². The molecule has 1 aromatic rings. The van der Waals surface area contributed by atoms with E-state index in [9.17, 15) is 0 Å². The number of benzene rings is 1. The van der Waals surface area contributed by atoms with Crippen LogP contribution in [0, 0.1) is 0 Å². The maximum atomic E-state index is 6.08. The first kappa shape index (κ1) is 15.8. The molecule has 18 heavy (non-hydrogen) atoms. The van der Waals surface area contributed by atoms with E-state index in [2.05, 4.69) is 25.8 Å². The third-order valence-electron chi connectivity index (χ3n) is 3.56. The number of halogens is 2. The van der Waals surface area contributed by atoms with Crippen LogP contribution in [0.2, 0.25) is 10.0 Å². The molecule has 2 nitrogen and oxygen atoms in total. The summed E-state index contributed by atoms with van der Waals surface area (Å²) in [5.74, 6) is 0. The van der Waals surface area contributed by atoms with Gasteiger partial charge in [-0.2, -0.15) is 0 Å². The number of hydrogen-bond acceptors (Lipinski definition) is 2. The first-order valence-electron chi connectivity index (χ1n) is 6.42. The third kappa shape index (κ3) is 3.61. The average molecular weight is 289 g/mol. The van der Waals surface area contributed by atoms with E-state index in [4.69, 9.17) is 28.9 Å². The average Bonchev–Trinajstić information content (AvgIpc) is 2.36. The lowest BCUT2D eigenvalue weighted by atomic mass is 10.0. The molecule has 1 unspecified atom stereocenters. The molecular weight excluding hydrogens is 267 g/mol. The van der Waals surface area contributed by atoms with Crippen molar-refractivity contribution in [3.05, 3.63) is 33.8 Å². The molecule has 0 bridgehead atoms. The highest BCUT2D eigenvalue weighted by Gasteiger charge is 2.21. The maximum absolute atomic E-state index is 6.08. The summed E-state index contributed by atoms with van der Waals surface area (Å²) >= 11 is 12.0. The Morgan fingerprint density at radius 2 is 1.78 bits per heavy atom. The normalized spacial score (nSPS) is 13.3. The Morgan fingerprint density at radius 3 is 2.22 bits per heavy atom. The first-order chi connectivity index (χ1) is 8.54. The number of nitrogens with zero attached hydrogens (tertiary/aromatic N) is 1. The number of hydrogen-bond donors (Lipinski definition) is 1. The maximum Gasteiger partial charge on any atom is 0.0595 e. The van der Waals surface area contributed by atoms with Gasteiger partial charge in [-0.05, 0) is 37.6 Å². The van der Waals surface area contributed by atoms with Gasteiger partial charge in [0.2, 0.25) is 0 Å². The van der Waals surface area contributed by atoms with E-state index >= 15 is 0 Å². The van der Waals surface area contributed by atoms with Gasteiger partial charge in [-0.25, -0.2) is 0 Å². The molecule has 0 radical (unpaired) electrons. The van der Waals surface area contributed by atoms with E-state index in [0.29, 0.717) is 22.6 Å². The third-order valence-corrected chi connectivity index (χ3v) is 4.30. The molecule has 2 N–H and O–H groups in total. The van der Waals surface area contributed by atoms with Crippen molar-refractivity contribution in [1.29, 1.82) is 0 Å². The predicted octanol–water partition coefficient (Wildman–Crippen LogP) is 4.11. The zero-order valence-corrected chi connectivity index (χ0v) is 12.8. The van der Waals surface area contributed by atoms with Crippen molar-refractivity contribution in [2.24, 2.45) is 5.73 Å². The zero-order valence-electron chi connectivity index (χ0n) is 11.3. The van der Waals surface area contributed by atoms with Crippen LogP contribution >= 0.6 is 23.2 Å². The number of likely N-dealkylation sites (N-methyl/N-ethyl adjacent to an activating group) is 1. The van der Waals surface area contributed by atoms with Gasteiger partial charge in [-0.15, -0.1) is 0 Å². The van der Waals surface area contributed by atoms with Gasteiger partial charge < -0.3 is 5.73 Å². The molecule has 0 fully saturated rings. The molecule has 1 atom stereocenters. The molecule has 0 aliphatic rings. The van der Waals surface area contributed by atoms with Crippen LogP contribution < -0.4 is 5.73 Å². The second-order valence-corrected chi connectivity index (χ2v) is 5.38. The smallest absolute Gasteiger partial charge is 0.0595 e. The SMILES string of the molecule is CCC(CC)N(C)C(CN)c1ccc(Cl)c(Cl)c1. The number of rotatable bonds is 6. The largest absolute Gasteiger partial charge is 0.329 e. The first-order valence-corrected chi connectivity index (χ1v) is 7.17.